The van der Waals surface area contributed by atoms with E-state index in [-0.39, 0.29) is 5.91 Å². The molecule has 0 atom stereocenters. The summed E-state index contributed by atoms with van der Waals surface area (Å²) in [5, 5.41) is 3.48. The number of para-hydroxylation sites is 1. The van der Waals surface area contributed by atoms with Crippen LogP contribution in [0.1, 0.15) is 21.6 Å². The average Bonchev–Trinajstić information content (AvgIpc) is 3.20. The number of aromatic nitrogens is 2. The number of hydrogen-bond donors (Lipinski definition) is 2. The lowest BCUT2D eigenvalue weighted by Gasteiger charge is -2.23. The molecule has 6 nitrogen and oxygen atoms in total. The van der Waals surface area contributed by atoms with Gasteiger partial charge in [-0.1, -0.05) is 48.5 Å². The van der Waals surface area contributed by atoms with Gasteiger partial charge in [0.05, 0.1) is 23.1 Å². The first-order valence-corrected chi connectivity index (χ1v) is 10.6. The monoisotopic (exact) mass is 424 g/mol. The van der Waals surface area contributed by atoms with E-state index in [0.717, 1.165) is 40.3 Å². The molecule has 2 aromatic carbocycles. The van der Waals surface area contributed by atoms with E-state index in [1.165, 1.54) is 0 Å². The lowest BCUT2D eigenvalue weighted by molar-refractivity contribution is 0.0781. The summed E-state index contributed by atoms with van der Waals surface area (Å²) in [5.74, 6) is 0.667. The highest BCUT2D eigenvalue weighted by atomic mass is 16.5. The number of benzene rings is 2. The summed E-state index contributed by atoms with van der Waals surface area (Å²) in [7, 11) is 1.84. The number of amides is 1. The summed E-state index contributed by atoms with van der Waals surface area (Å²) >= 11 is 0. The van der Waals surface area contributed by atoms with Gasteiger partial charge in [-0.25, -0.2) is 0 Å². The van der Waals surface area contributed by atoms with Gasteiger partial charge in [0.15, 0.2) is 0 Å². The fourth-order valence-corrected chi connectivity index (χ4v) is 3.98. The third-order valence-corrected chi connectivity index (χ3v) is 5.67. The molecule has 32 heavy (non-hydrogen) atoms. The van der Waals surface area contributed by atoms with Crippen molar-refractivity contribution in [2.45, 2.75) is 13.0 Å². The number of pyridine rings is 1. The minimum Gasteiger partial charge on any atom is -0.487 e. The molecule has 1 amide bonds. The quantitative estimate of drug-likeness (QED) is 0.456. The maximum absolute atomic E-state index is 13.1. The summed E-state index contributed by atoms with van der Waals surface area (Å²) < 4.78 is 6.16. The number of likely N-dealkylation sites (N-methyl/N-ethyl adjacent to an activating group) is 1. The second-order valence-corrected chi connectivity index (χ2v) is 7.84. The summed E-state index contributed by atoms with van der Waals surface area (Å²) in [4.78, 5) is 22.6. The molecule has 2 N–H and O–H groups in total. The molecule has 0 radical (unpaired) electrons. The lowest BCUT2D eigenvalue weighted by atomic mass is 10.0. The van der Waals surface area contributed by atoms with Gasteiger partial charge in [0.2, 0.25) is 0 Å². The van der Waals surface area contributed by atoms with Crippen molar-refractivity contribution in [3.05, 3.63) is 95.9 Å². The van der Waals surface area contributed by atoms with Crippen molar-refractivity contribution in [3.63, 3.8) is 0 Å². The molecule has 1 aliphatic rings. The van der Waals surface area contributed by atoms with Gasteiger partial charge in [0.1, 0.15) is 12.4 Å². The highest BCUT2D eigenvalue weighted by molar-refractivity contribution is 6.06. The second kappa shape index (κ2) is 8.59. The number of nitrogens with one attached hydrogen (secondary N) is 2. The molecule has 3 heterocycles. The SMILES string of the molecule is CN1CCc2[nH]c(-c3ccncc3OCc3ccccc3)c(Nc3ccccc3)c2C1=O. The van der Waals surface area contributed by atoms with Crippen molar-refractivity contribution >= 4 is 17.3 Å². The lowest BCUT2D eigenvalue weighted by Crippen LogP contribution is -2.34. The number of fused-ring (bicyclic) bond motifs is 1. The smallest absolute Gasteiger partial charge is 0.257 e. The first-order valence-electron chi connectivity index (χ1n) is 10.6. The van der Waals surface area contributed by atoms with Gasteiger partial charge in [-0.05, 0) is 23.8 Å². The number of ether oxygens (including phenoxy) is 1. The van der Waals surface area contributed by atoms with Crippen LogP contribution < -0.4 is 10.1 Å². The van der Waals surface area contributed by atoms with E-state index in [4.69, 9.17) is 4.74 Å². The van der Waals surface area contributed by atoms with Crippen LogP contribution in [0, 0.1) is 0 Å². The number of hydrogen-bond acceptors (Lipinski definition) is 4. The zero-order valence-electron chi connectivity index (χ0n) is 17.8. The summed E-state index contributed by atoms with van der Waals surface area (Å²) in [5.41, 5.74) is 6.06. The molecule has 160 valence electrons. The Balaban J connectivity index is 1.58. The molecule has 0 spiro atoms. The molecule has 2 aromatic heterocycles. The Morgan fingerprint density at radius 3 is 2.59 bits per heavy atom. The third kappa shape index (κ3) is 3.83. The van der Waals surface area contributed by atoms with Gasteiger partial charge in [0.25, 0.3) is 5.91 Å². The highest BCUT2D eigenvalue weighted by Crippen LogP contribution is 2.41. The summed E-state index contributed by atoms with van der Waals surface area (Å²) in [6.07, 6.45) is 4.23. The maximum atomic E-state index is 13.1. The molecular weight excluding hydrogens is 400 g/mol. The van der Waals surface area contributed by atoms with Gasteiger partial charge in [-0.3, -0.25) is 9.78 Å². The van der Waals surface area contributed by atoms with Crippen molar-refractivity contribution in [2.75, 3.05) is 18.9 Å². The Morgan fingerprint density at radius 2 is 1.81 bits per heavy atom. The van der Waals surface area contributed by atoms with Crippen LogP contribution in [0.5, 0.6) is 5.75 Å². The van der Waals surface area contributed by atoms with Crippen molar-refractivity contribution in [3.8, 4) is 17.0 Å². The van der Waals surface area contributed by atoms with Gasteiger partial charge < -0.3 is 19.9 Å². The zero-order valence-corrected chi connectivity index (χ0v) is 17.8. The van der Waals surface area contributed by atoms with Gasteiger partial charge in [-0.15, -0.1) is 0 Å². The van der Waals surface area contributed by atoms with Gasteiger partial charge in [0, 0.05) is 43.2 Å². The highest BCUT2D eigenvalue weighted by Gasteiger charge is 2.30. The normalized spacial score (nSPS) is 13.0. The van der Waals surface area contributed by atoms with Crippen LogP contribution >= 0.6 is 0 Å². The Bertz CT molecular complexity index is 1240. The maximum Gasteiger partial charge on any atom is 0.257 e. The number of anilines is 2. The third-order valence-electron chi connectivity index (χ3n) is 5.67. The van der Waals surface area contributed by atoms with Crippen molar-refractivity contribution < 1.29 is 9.53 Å². The molecule has 0 bridgehead atoms. The number of nitrogens with zero attached hydrogens (tertiary/aromatic N) is 2. The predicted molar refractivity (Wildman–Crippen MR) is 125 cm³/mol. The number of rotatable bonds is 6. The van der Waals surface area contributed by atoms with E-state index >= 15 is 0 Å². The molecule has 1 aliphatic heterocycles. The molecule has 0 aliphatic carbocycles. The van der Waals surface area contributed by atoms with Crippen LogP contribution in [0.15, 0.2) is 79.1 Å². The van der Waals surface area contributed by atoms with E-state index < -0.39 is 0 Å². The minimum absolute atomic E-state index is 0.00740. The first-order chi connectivity index (χ1) is 15.7. The van der Waals surface area contributed by atoms with Gasteiger partial charge >= 0.3 is 0 Å². The molecule has 0 saturated heterocycles. The van der Waals surface area contributed by atoms with Crippen LogP contribution in [0.4, 0.5) is 11.4 Å². The molecule has 0 fully saturated rings. The first kappa shape index (κ1) is 19.9. The van der Waals surface area contributed by atoms with Crippen molar-refractivity contribution in [2.24, 2.45) is 0 Å². The molecule has 6 heteroatoms. The van der Waals surface area contributed by atoms with E-state index in [1.807, 2.05) is 73.8 Å². The minimum atomic E-state index is 0.00740. The van der Waals surface area contributed by atoms with Gasteiger partial charge in [-0.2, -0.15) is 0 Å². The van der Waals surface area contributed by atoms with Crippen LogP contribution in [-0.4, -0.2) is 34.4 Å². The zero-order chi connectivity index (χ0) is 21.9. The average molecular weight is 425 g/mol. The molecule has 0 unspecified atom stereocenters. The Kier molecular flexibility index (Phi) is 5.34. The molecular formula is C26H24N4O2. The van der Waals surface area contributed by atoms with E-state index in [9.17, 15) is 4.79 Å². The summed E-state index contributed by atoms with van der Waals surface area (Å²) in [6, 6.07) is 21.8. The largest absolute Gasteiger partial charge is 0.487 e. The van der Waals surface area contributed by atoms with E-state index in [0.29, 0.717) is 24.5 Å². The topological polar surface area (TPSA) is 70.2 Å². The second-order valence-electron chi connectivity index (χ2n) is 7.84. The Morgan fingerprint density at radius 1 is 1.06 bits per heavy atom. The standard InChI is InChI=1S/C26H24N4O2/c1-30-15-13-21-23(26(30)31)25(28-19-10-6-3-7-11-19)24(29-21)20-12-14-27-16-22(20)32-17-18-8-4-2-5-9-18/h2-12,14,16,28-29H,13,15,17H2,1H3. The van der Waals surface area contributed by atoms with E-state index in [1.54, 1.807) is 17.3 Å². The predicted octanol–water partition coefficient (Wildman–Crippen LogP) is 5.03. The Hall–Kier alpha value is -4.06. The number of carbonyl (C=O) groups excluding carboxylic acids is 1. The summed E-state index contributed by atoms with van der Waals surface area (Å²) in [6.45, 7) is 1.12. The van der Waals surface area contributed by atoms with Crippen molar-refractivity contribution in [1.29, 1.82) is 0 Å². The number of H-pyrrole nitrogens is 1. The van der Waals surface area contributed by atoms with Crippen molar-refractivity contribution in [1.82, 2.24) is 14.9 Å². The fourth-order valence-electron chi connectivity index (χ4n) is 3.98. The molecule has 5 rings (SSSR count). The number of carbonyl (C=O) groups is 1. The molecule has 0 saturated carbocycles. The van der Waals surface area contributed by atoms with E-state index in [2.05, 4.69) is 15.3 Å². The molecule has 4 aromatic rings. The Labute approximate surface area is 186 Å². The fraction of sp³-hybridized carbons (Fsp3) is 0.154. The van der Waals surface area contributed by atoms with Crippen LogP contribution in [0.3, 0.4) is 0 Å². The van der Waals surface area contributed by atoms with Crippen LogP contribution in [0.2, 0.25) is 0 Å². The van der Waals surface area contributed by atoms with Crippen LogP contribution in [0.25, 0.3) is 11.3 Å². The van der Waals surface area contributed by atoms with Crippen LogP contribution in [-0.2, 0) is 13.0 Å². The number of aromatic amines is 1.